The fourth-order valence-electron chi connectivity index (χ4n) is 1.43. The number of hydrogen-bond acceptors (Lipinski definition) is 3. The lowest BCUT2D eigenvalue weighted by atomic mass is 10.1. The second-order valence-electron chi connectivity index (χ2n) is 3.23. The van der Waals surface area contributed by atoms with Gasteiger partial charge in [0, 0.05) is 5.39 Å². The molecule has 0 saturated heterocycles. The number of hydrazine groups is 1. The lowest BCUT2D eigenvalue weighted by Crippen LogP contribution is -2.08. The molecule has 0 fully saturated rings. The van der Waals surface area contributed by atoms with Gasteiger partial charge in [0.15, 0.2) is 0 Å². The molecule has 0 radical (unpaired) electrons. The number of rotatable bonds is 1. The van der Waals surface area contributed by atoms with Crippen LogP contribution in [0.1, 0.15) is 5.56 Å². The van der Waals surface area contributed by atoms with Crippen molar-refractivity contribution >= 4 is 16.7 Å². The highest BCUT2D eigenvalue weighted by Gasteiger charge is 2.10. The lowest BCUT2D eigenvalue weighted by molar-refractivity contribution is 0.608. The number of benzene rings is 1. The fraction of sp³-hybridized carbons (Fsp3) is 0.100. The van der Waals surface area contributed by atoms with Crippen molar-refractivity contribution in [3.05, 3.63) is 35.4 Å². The molecule has 78 valence electrons. The maximum Gasteiger partial charge on any atom is 0.149 e. The Kier molecular flexibility index (Phi) is 2.24. The van der Waals surface area contributed by atoms with Gasteiger partial charge in [0.2, 0.25) is 0 Å². The van der Waals surface area contributed by atoms with E-state index in [0.29, 0.717) is 5.82 Å². The van der Waals surface area contributed by atoms with Crippen LogP contribution in [-0.2, 0) is 0 Å². The van der Waals surface area contributed by atoms with E-state index in [9.17, 15) is 8.78 Å². The third-order valence-corrected chi connectivity index (χ3v) is 2.20. The summed E-state index contributed by atoms with van der Waals surface area (Å²) in [6.45, 7) is 1.51. The number of aryl methyl sites for hydroxylation is 1. The Morgan fingerprint density at radius 1 is 1.33 bits per heavy atom. The number of nitrogen functional groups attached to an aromatic ring is 1. The van der Waals surface area contributed by atoms with Gasteiger partial charge in [-0.15, -0.1) is 0 Å². The Morgan fingerprint density at radius 2 is 2.07 bits per heavy atom. The van der Waals surface area contributed by atoms with Gasteiger partial charge in [-0.2, -0.15) is 0 Å². The summed E-state index contributed by atoms with van der Waals surface area (Å²) in [6, 6.07) is 4.05. The minimum atomic E-state index is -0.555. The minimum absolute atomic E-state index is 0.0199. The number of nitrogens with two attached hydrogens (primary N) is 1. The number of fused-ring (bicyclic) bond motifs is 1. The smallest absolute Gasteiger partial charge is 0.149 e. The Bertz CT molecular complexity index is 526. The second-order valence-corrected chi connectivity index (χ2v) is 3.23. The zero-order valence-corrected chi connectivity index (χ0v) is 8.01. The van der Waals surface area contributed by atoms with Gasteiger partial charge in [-0.3, -0.25) is 0 Å². The van der Waals surface area contributed by atoms with Gasteiger partial charge in [0.1, 0.15) is 23.0 Å². The zero-order valence-electron chi connectivity index (χ0n) is 8.01. The van der Waals surface area contributed by atoms with E-state index in [4.69, 9.17) is 5.84 Å². The molecule has 1 aromatic heterocycles. The number of pyridine rings is 1. The van der Waals surface area contributed by atoms with E-state index in [1.54, 1.807) is 0 Å². The van der Waals surface area contributed by atoms with Crippen molar-refractivity contribution < 1.29 is 8.78 Å². The highest BCUT2D eigenvalue weighted by atomic mass is 19.1. The van der Waals surface area contributed by atoms with Crippen LogP contribution in [0.15, 0.2) is 18.2 Å². The highest BCUT2D eigenvalue weighted by molar-refractivity contribution is 5.82. The van der Waals surface area contributed by atoms with Gasteiger partial charge in [0.25, 0.3) is 0 Å². The molecular formula is C10H9F2N3. The van der Waals surface area contributed by atoms with Gasteiger partial charge in [0.05, 0.1) is 0 Å². The van der Waals surface area contributed by atoms with Crippen LogP contribution in [-0.4, -0.2) is 4.98 Å². The Labute approximate surface area is 84.9 Å². The summed E-state index contributed by atoms with van der Waals surface area (Å²) in [5.41, 5.74) is 2.52. The average molecular weight is 209 g/mol. The standard InChI is InChI=1S/C10H9F2N3/c1-5-4-7(11)10-6(9(5)12)2-3-8(14-10)15-13/h2-4H,13H2,1H3,(H,14,15). The summed E-state index contributed by atoms with van der Waals surface area (Å²) in [5.74, 6) is 4.42. The van der Waals surface area contributed by atoms with Crippen LogP contribution in [0, 0.1) is 18.6 Å². The number of hydrogen-bond donors (Lipinski definition) is 2. The molecule has 0 atom stereocenters. The molecule has 0 amide bonds. The predicted octanol–water partition coefficient (Wildman–Crippen LogP) is 2.11. The number of halogens is 2. The predicted molar refractivity (Wildman–Crippen MR) is 54.2 cm³/mol. The molecule has 0 aliphatic rings. The summed E-state index contributed by atoms with van der Waals surface area (Å²) < 4.78 is 27.0. The summed E-state index contributed by atoms with van der Waals surface area (Å²) >= 11 is 0. The van der Waals surface area contributed by atoms with Gasteiger partial charge < -0.3 is 5.43 Å². The molecule has 2 aromatic rings. The van der Waals surface area contributed by atoms with Crippen molar-refractivity contribution in [3.63, 3.8) is 0 Å². The molecule has 3 nitrogen and oxygen atoms in total. The highest BCUT2D eigenvalue weighted by Crippen LogP contribution is 2.23. The van der Waals surface area contributed by atoms with Crippen LogP contribution in [0.4, 0.5) is 14.6 Å². The molecule has 0 aliphatic carbocycles. The first-order valence-electron chi connectivity index (χ1n) is 4.35. The summed E-state index contributed by atoms with van der Waals surface area (Å²) in [4.78, 5) is 3.84. The average Bonchev–Trinajstić information content (AvgIpc) is 2.25. The van der Waals surface area contributed by atoms with Gasteiger partial charge >= 0.3 is 0 Å². The minimum Gasteiger partial charge on any atom is -0.308 e. The van der Waals surface area contributed by atoms with E-state index in [-0.39, 0.29) is 16.5 Å². The zero-order chi connectivity index (χ0) is 11.0. The molecule has 3 N–H and O–H groups in total. The summed E-state index contributed by atoms with van der Waals surface area (Å²) in [6.07, 6.45) is 0. The molecule has 0 aliphatic heterocycles. The number of nitrogens with one attached hydrogen (secondary N) is 1. The van der Waals surface area contributed by atoms with Gasteiger partial charge in [-0.25, -0.2) is 19.6 Å². The van der Waals surface area contributed by atoms with Crippen LogP contribution in [0.5, 0.6) is 0 Å². The summed E-state index contributed by atoms with van der Waals surface area (Å²) in [5, 5.41) is 0.159. The second kappa shape index (κ2) is 3.43. The SMILES string of the molecule is Cc1cc(F)c2nc(NN)ccc2c1F. The van der Waals surface area contributed by atoms with E-state index >= 15 is 0 Å². The van der Waals surface area contributed by atoms with Crippen LogP contribution < -0.4 is 11.3 Å². The van der Waals surface area contributed by atoms with Crippen LogP contribution >= 0.6 is 0 Å². The maximum atomic E-state index is 13.6. The fourth-order valence-corrected chi connectivity index (χ4v) is 1.43. The van der Waals surface area contributed by atoms with Crippen molar-refractivity contribution in [3.8, 4) is 0 Å². The molecule has 0 spiro atoms. The molecule has 15 heavy (non-hydrogen) atoms. The third-order valence-electron chi connectivity index (χ3n) is 2.20. The summed E-state index contributed by atoms with van der Waals surface area (Å²) in [7, 11) is 0. The van der Waals surface area contributed by atoms with E-state index < -0.39 is 11.6 Å². The third kappa shape index (κ3) is 1.50. The maximum absolute atomic E-state index is 13.6. The number of anilines is 1. The van der Waals surface area contributed by atoms with Crippen LogP contribution in [0.3, 0.4) is 0 Å². The van der Waals surface area contributed by atoms with Crippen molar-refractivity contribution in [2.45, 2.75) is 6.92 Å². The normalized spacial score (nSPS) is 10.7. The largest absolute Gasteiger partial charge is 0.308 e. The quantitative estimate of drug-likeness (QED) is 0.558. The Balaban J connectivity index is 2.84. The van der Waals surface area contributed by atoms with Crippen LogP contribution in [0.2, 0.25) is 0 Å². The monoisotopic (exact) mass is 209 g/mol. The first-order valence-corrected chi connectivity index (χ1v) is 4.35. The number of aromatic nitrogens is 1. The van der Waals surface area contributed by atoms with Crippen molar-refractivity contribution in [2.75, 3.05) is 5.43 Å². The first-order chi connectivity index (χ1) is 7.13. The van der Waals surface area contributed by atoms with E-state index in [1.807, 2.05) is 0 Å². The molecule has 1 aromatic carbocycles. The van der Waals surface area contributed by atoms with Gasteiger partial charge in [-0.1, -0.05) is 0 Å². The van der Waals surface area contributed by atoms with Gasteiger partial charge in [-0.05, 0) is 30.7 Å². The molecular weight excluding hydrogens is 200 g/mol. The topological polar surface area (TPSA) is 50.9 Å². The molecule has 2 rings (SSSR count). The van der Waals surface area contributed by atoms with Crippen molar-refractivity contribution in [1.82, 2.24) is 4.98 Å². The van der Waals surface area contributed by atoms with E-state index in [2.05, 4.69) is 10.4 Å². The van der Waals surface area contributed by atoms with E-state index in [1.165, 1.54) is 19.1 Å². The molecule has 1 heterocycles. The molecule has 0 bridgehead atoms. The molecule has 0 unspecified atom stereocenters. The van der Waals surface area contributed by atoms with Crippen molar-refractivity contribution in [2.24, 2.45) is 5.84 Å². The van der Waals surface area contributed by atoms with Crippen LogP contribution in [0.25, 0.3) is 10.9 Å². The number of nitrogens with zero attached hydrogens (tertiary/aromatic N) is 1. The Morgan fingerprint density at radius 3 is 2.73 bits per heavy atom. The Hall–Kier alpha value is -1.75. The van der Waals surface area contributed by atoms with E-state index in [0.717, 1.165) is 6.07 Å². The lowest BCUT2D eigenvalue weighted by Gasteiger charge is -2.05. The molecule has 0 saturated carbocycles. The van der Waals surface area contributed by atoms with Crippen molar-refractivity contribution in [1.29, 1.82) is 0 Å². The molecule has 5 heteroatoms. The first kappa shape index (κ1) is 9.79.